The van der Waals surface area contributed by atoms with Crippen molar-refractivity contribution in [1.82, 2.24) is 0 Å². The van der Waals surface area contributed by atoms with Crippen molar-refractivity contribution < 1.29 is 9.59 Å². The average molecular weight is 224 g/mol. The van der Waals surface area contributed by atoms with E-state index in [0.29, 0.717) is 6.42 Å². The second-order valence-electron chi connectivity index (χ2n) is 3.50. The first-order chi connectivity index (χ1) is 7.22. The van der Waals surface area contributed by atoms with Crippen LogP contribution in [-0.4, -0.2) is 17.6 Å². The molecule has 4 heteroatoms. The van der Waals surface area contributed by atoms with Crippen LogP contribution in [0.4, 0.5) is 5.69 Å². The number of benzene rings is 1. The van der Waals surface area contributed by atoms with Gasteiger partial charge in [-0.1, -0.05) is 18.2 Å². The lowest BCUT2D eigenvalue weighted by atomic mass is 9.90. The van der Waals surface area contributed by atoms with Gasteiger partial charge in [0.25, 0.3) is 0 Å². The largest absolute Gasteiger partial charge is 0.325 e. The van der Waals surface area contributed by atoms with Crippen LogP contribution in [0.2, 0.25) is 0 Å². The summed E-state index contributed by atoms with van der Waals surface area (Å²) in [6.07, 6.45) is 0.452. The maximum absolute atomic E-state index is 11.6. The van der Waals surface area contributed by atoms with Gasteiger partial charge in [-0.3, -0.25) is 9.59 Å². The Morgan fingerprint density at radius 2 is 2.20 bits per heavy atom. The SMILES string of the molecule is O=C(CCl)C1Cc2ccccc2NC1=O. The third kappa shape index (κ3) is 1.88. The van der Waals surface area contributed by atoms with Gasteiger partial charge >= 0.3 is 0 Å². The van der Waals surface area contributed by atoms with Gasteiger partial charge < -0.3 is 5.32 Å². The lowest BCUT2D eigenvalue weighted by Gasteiger charge is -2.22. The van der Waals surface area contributed by atoms with Crippen LogP contribution in [-0.2, 0) is 16.0 Å². The third-order valence-corrected chi connectivity index (χ3v) is 2.80. The molecule has 1 aliphatic heterocycles. The summed E-state index contributed by atoms with van der Waals surface area (Å²) in [4.78, 5) is 23.0. The molecule has 78 valence electrons. The number of amides is 1. The summed E-state index contributed by atoms with van der Waals surface area (Å²) < 4.78 is 0. The van der Waals surface area contributed by atoms with Crippen molar-refractivity contribution in [2.75, 3.05) is 11.2 Å². The zero-order valence-corrected chi connectivity index (χ0v) is 8.75. The van der Waals surface area contributed by atoms with E-state index in [1.807, 2.05) is 24.3 Å². The Morgan fingerprint density at radius 3 is 2.93 bits per heavy atom. The zero-order valence-electron chi connectivity index (χ0n) is 8.00. The number of anilines is 1. The molecule has 1 amide bonds. The first-order valence-electron chi connectivity index (χ1n) is 4.70. The zero-order chi connectivity index (χ0) is 10.8. The van der Waals surface area contributed by atoms with Crippen LogP contribution >= 0.6 is 11.6 Å². The Bertz CT molecular complexity index is 417. The molecule has 0 aliphatic carbocycles. The van der Waals surface area contributed by atoms with Gasteiger partial charge in [0.05, 0.1) is 5.88 Å². The van der Waals surface area contributed by atoms with Gasteiger partial charge in [0.15, 0.2) is 5.78 Å². The standard InChI is InChI=1S/C11H10ClNO2/c12-6-10(14)8-5-7-3-1-2-4-9(7)13-11(8)15/h1-4,8H,5-6H2,(H,13,15). The van der Waals surface area contributed by atoms with Gasteiger partial charge in [0.2, 0.25) is 5.91 Å². The molecule has 1 aliphatic rings. The van der Waals surface area contributed by atoms with Crippen LogP contribution in [0.25, 0.3) is 0 Å². The van der Waals surface area contributed by atoms with E-state index in [0.717, 1.165) is 11.3 Å². The molecule has 2 rings (SSSR count). The highest BCUT2D eigenvalue weighted by Crippen LogP contribution is 2.25. The molecule has 0 bridgehead atoms. The summed E-state index contributed by atoms with van der Waals surface area (Å²) in [7, 11) is 0. The second-order valence-corrected chi connectivity index (χ2v) is 3.77. The number of alkyl halides is 1. The second kappa shape index (κ2) is 4.03. The van der Waals surface area contributed by atoms with E-state index in [2.05, 4.69) is 5.32 Å². The van der Waals surface area contributed by atoms with Gasteiger partial charge in [0, 0.05) is 5.69 Å². The molecule has 0 aromatic heterocycles. The minimum atomic E-state index is -0.627. The number of rotatable bonds is 2. The molecule has 0 fully saturated rings. The molecule has 0 saturated carbocycles. The minimum absolute atomic E-state index is 0.111. The first kappa shape index (κ1) is 10.2. The molecule has 1 aromatic carbocycles. The highest BCUT2D eigenvalue weighted by Gasteiger charge is 2.30. The van der Waals surface area contributed by atoms with Crippen LogP contribution in [0, 0.1) is 5.92 Å². The maximum atomic E-state index is 11.6. The molecule has 1 heterocycles. The number of hydrogen-bond donors (Lipinski definition) is 1. The van der Waals surface area contributed by atoms with Gasteiger partial charge in [-0.25, -0.2) is 0 Å². The summed E-state index contributed by atoms with van der Waals surface area (Å²) in [5, 5.41) is 2.71. The van der Waals surface area contributed by atoms with E-state index in [9.17, 15) is 9.59 Å². The van der Waals surface area contributed by atoms with Crippen molar-refractivity contribution in [3.05, 3.63) is 29.8 Å². The van der Waals surface area contributed by atoms with Gasteiger partial charge in [0.1, 0.15) is 5.92 Å². The molecule has 1 atom stereocenters. The number of para-hydroxylation sites is 1. The number of carbonyl (C=O) groups excluding carboxylic acids is 2. The van der Waals surface area contributed by atoms with Crippen LogP contribution in [0.1, 0.15) is 5.56 Å². The molecule has 0 radical (unpaired) electrons. The number of nitrogens with one attached hydrogen (secondary N) is 1. The smallest absolute Gasteiger partial charge is 0.235 e. The molecular weight excluding hydrogens is 214 g/mol. The van der Waals surface area contributed by atoms with Crippen LogP contribution in [0.15, 0.2) is 24.3 Å². The highest BCUT2D eigenvalue weighted by atomic mass is 35.5. The van der Waals surface area contributed by atoms with Crippen LogP contribution in [0.5, 0.6) is 0 Å². The van der Waals surface area contributed by atoms with Crippen LogP contribution in [0.3, 0.4) is 0 Å². The van der Waals surface area contributed by atoms with Crippen molar-refractivity contribution in [2.45, 2.75) is 6.42 Å². The number of carbonyl (C=O) groups is 2. The van der Waals surface area contributed by atoms with E-state index < -0.39 is 5.92 Å². The molecule has 1 aromatic rings. The maximum Gasteiger partial charge on any atom is 0.235 e. The lowest BCUT2D eigenvalue weighted by molar-refractivity contribution is -0.129. The molecule has 3 nitrogen and oxygen atoms in total. The number of Topliss-reactive ketones (excluding diaryl/α,β-unsaturated/α-hetero) is 1. The summed E-state index contributed by atoms with van der Waals surface area (Å²) in [6, 6.07) is 7.47. The first-order valence-corrected chi connectivity index (χ1v) is 5.23. The molecular formula is C11H10ClNO2. The normalized spacial score (nSPS) is 19.3. The van der Waals surface area contributed by atoms with E-state index in [4.69, 9.17) is 11.6 Å². The lowest BCUT2D eigenvalue weighted by Crippen LogP contribution is -2.36. The fourth-order valence-corrected chi connectivity index (χ4v) is 1.89. The Kier molecular flexibility index (Phi) is 2.73. The third-order valence-electron chi connectivity index (χ3n) is 2.54. The van der Waals surface area contributed by atoms with E-state index in [1.165, 1.54) is 0 Å². The number of halogens is 1. The monoisotopic (exact) mass is 223 g/mol. The van der Waals surface area contributed by atoms with Gasteiger partial charge in [-0.05, 0) is 18.1 Å². The fraction of sp³-hybridized carbons (Fsp3) is 0.273. The number of hydrogen-bond acceptors (Lipinski definition) is 2. The predicted octanol–water partition coefficient (Wildman–Crippen LogP) is 1.61. The van der Waals surface area contributed by atoms with Gasteiger partial charge in [-0.2, -0.15) is 0 Å². The predicted molar refractivity (Wildman–Crippen MR) is 58.0 cm³/mol. The van der Waals surface area contributed by atoms with E-state index in [1.54, 1.807) is 0 Å². The van der Waals surface area contributed by atoms with Gasteiger partial charge in [-0.15, -0.1) is 11.6 Å². The van der Waals surface area contributed by atoms with Crippen molar-refractivity contribution >= 4 is 29.0 Å². The molecule has 0 spiro atoms. The van der Waals surface area contributed by atoms with Crippen molar-refractivity contribution in [3.63, 3.8) is 0 Å². The van der Waals surface area contributed by atoms with Crippen molar-refractivity contribution in [1.29, 1.82) is 0 Å². The van der Waals surface area contributed by atoms with Crippen molar-refractivity contribution in [2.24, 2.45) is 5.92 Å². The van der Waals surface area contributed by atoms with E-state index in [-0.39, 0.29) is 17.6 Å². The number of ketones is 1. The Morgan fingerprint density at radius 1 is 1.47 bits per heavy atom. The summed E-state index contributed by atoms with van der Waals surface area (Å²) in [5.41, 5.74) is 1.78. The quantitative estimate of drug-likeness (QED) is 0.612. The highest BCUT2D eigenvalue weighted by molar-refractivity contribution is 6.30. The molecule has 1 N–H and O–H groups in total. The Balaban J connectivity index is 2.29. The summed E-state index contributed by atoms with van der Waals surface area (Å²) in [6.45, 7) is 0. The molecule has 0 saturated heterocycles. The number of fused-ring (bicyclic) bond motifs is 1. The molecule has 15 heavy (non-hydrogen) atoms. The van der Waals surface area contributed by atoms with E-state index >= 15 is 0 Å². The fourth-order valence-electron chi connectivity index (χ4n) is 1.71. The Labute approximate surface area is 92.4 Å². The average Bonchev–Trinajstić information content (AvgIpc) is 2.27. The molecule has 1 unspecified atom stereocenters. The summed E-state index contributed by atoms with van der Waals surface area (Å²) in [5.74, 6) is -1.21. The minimum Gasteiger partial charge on any atom is -0.325 e. The topological polar surface area (TPSA) is 46.2 Å². The van der Waals surface area contributed by atoms with Crippen LogP contribution < -0.4 is 5.32 Å². The Hall–Kier alpha value is -1.35. The summed E-state index contributed by atoms with van der Waals surface area (Å²) >= 11 is 5.45. The van der Waals surface area contributed by atoms with Crippen molar-refractivity contribution in [3.8, 4) is 0 Å².